The van der Waals surface area contributed by atoms with Crippen molar-refractivity contribution < 1.29 is 8.42 Å². The molecular weight excluding hydrogens is 487 g/mol. The van der Waals surface area contributed by atoms with Gasteiger partial charge in [-0.1, -0.05) is 37.5 Å². The Morgan fingerprint density at radius 1 is 1.11 bits per heavy atom. The van der Waals surface area contributed by atoms with E-state index in [1.165, 1.54) is 25.7 Å². The van der Waals surface area contributed by atoms with Crippen molar-refractivity contribution in [2.45, 2.75) is 69.4 Å². The summed E-state index contributed by atoms with van der Waals surface area (Å²) in [5.74, 6) is 0.773. The van der Waals surface area contributed by atoms with Crippen molar-refractivity contribution in [2.24, 2.45) is 4.99 Å². The summed E-state index contributed by atoms with van der Waals surface area (Å²) in [6.07, 6.45) is 7.85. The summed E-state index contributed by atoms with van der Waals surface area (Å²) in [6, 6.07) is 7.74. The van der Waals surface area contributed by atoms with E-state index >= 15 is 0 Å². The minimum atomic E-state index is -3.45. The monoisotopic (exact) mass is 520 g/mol. The molecule has 158 valence electrons. The van der Waals surface area contributed by atoms with Crippen LogP contribution >= 0.6 is 24.0 Å². The molecule has 0 amide bonds. The molecule has 0 bridgehead atoms. The molecule has 2 N–H and O–H groups in total. The molecular formula is C20H33IN4O2S. The van der Waals surface area contributed by atoms with Gasteiger partial charge in [-0.2, -0.15) is 4.31 Å². The molecule has 0 aromatic heterocycles. The van der Waals surface area contributed by atoms with Gasteiger partial charge in [0, 0.05) is 25.7 Å². The van der Waals surface area contributed by atoms with Crippen LogP contribution in [0.1, 0.15) is 57.4 Å². The van der Waals surface area contributed by atoms with E-state index in [9.17, 15) is 8.42 Å². The number of nitrogens with one attached hydrogen (secondary N) is 2. The number of aliphatic imine (C=N–C) groups is 1. The van der Waals surface area contributed by atoms with Crippen LogP contribution in [0, 0.1) is 0 Å². The van der Waals surface area contributed by atoms with Crippen LogP contribution in [-0.4, -0.2) is 44.4 Å². The summed E-state index contributed by atoms with van der Waals surface area (Å²) < 4.78 is 27.8. The Kier molecular flexibility index (Phi) is 9.49. The Bertz CT molecular complexity index is 742. The molecule has 0 atom stereocenters. The number of piperidine rings is 1. The third-order valence-electron chi connectivity index (χ3n) is 5.35. The van der Waals surface area contributed by atoms with E-state index in [4.69, 9.17) is 0 Å². The van der Waals surface area contributed by atoms with Crippen molar-refractivity contribution in [2.75, 3.05) is 19.6 Å². The molecule has 0 radical (unpaired) electrons. The summed E-state index contributed by atoms with van der Waals surface area (Å²) in [7, 11) is -3.45. The highest BCUT2D eigenvalue weighted by atomic mass is 127. The molecule has 3 rings (SSSR count). The maximum Gasteiger partial charge on any atom is 0.243 e. The van der Waals surface area contributed by atoms with E-state index in [1.54, 1.807) is 16.4 Å². The zero-order chi connectivity index (χ0) is 19.1. The second-order valence-electron chi connectivity index (χ2n) is 7.39. The number of halogens is 1. The van der Waals surface area contributed by atoms with E-state index in [-0.39, 0.29) is 24.0 Å². The van der Waals surface area contributed by atoms with Gasteiger partial charge in [-0.25, -0.2) is 13.4 Å². The van der Waals surface area contributed by atoms with Crippen molar-refractivity contribution in [1.82, 2.24) is 14.9 Å². The highest BCUT2D eigenvalue weighted by Crippen LogP contribution is 2.24. The van der Waals surface area contributed by atoms with Crippen molar-refractivity contribution in [3.8, 4) is 0 Å². The van der Waals surface area contributed by atoms with Gasteiger partial charge in [0.05, 0.1) is 11.4 Å². The first-order valence-electron chi connectivity index (χ1n) is 10.2. The number of rotatable bonds is 6. The molecule has 1 aromatic carbocycles. The van der Waals surface area contributed by atoms with Gasteiger partial charge >= 0.3 is 0 Å². The van der Waals surface area contributed by atoms with Crippen molar-refractivity contribution in [3.05, 3.63) is 29.8 Å². The number of hydrogen-bond acceptors (Lipinski definition) is 3. The van der Waals surface area contributed by atoms with Crippen LogP contribution in [0.25, 0.3) is 0 Å². The van der Waals surface area contributed by atoms with E-state index in [0.29, 0.717) is 30.6 Å². The summed E-state index contributed by atoms with van der Waals surface area (Å²) in [4.78, 5) is 5.07. The lowest BCUT2D eigenvalue weighted by Crippen LogP contribution is -2.42. The third kappa shape index (κ3) is 6.06. The largest absolute Gasteiger partial charge is 0.357 e. The molecule has 1 heterocycles. The Morgan fingerprint density at radius 2 is 1.79 bits per heavy atom. The standard InChI is InChI=1S/C20H32N4O2S.HI/c1-2-21-20(23-18-11-5-6-12-18)22-16-17-10-4-7-13-19(17)27(25,26)24-14-8-3-9-15-24;/h4,7,10,13,18H,2-3,5-6,8-9,11-12,14-16H2,1H3,(H2,21,22,23);1H. The lowest BCUT2D eigenvalue weighted by atomic mass is 10.2. The maximum atomic E-state index is 13.1. The molecule has 1 aliphatic carbocycles. The van der Waals surface area contributed by atoms with Crippen molar-refractivity contribution in [3.63, 3.8) is 0 Å². The SMILES string of the molecule is CCNC(=NCc1ccccc1S(=O)(=O)N1CCCCC1)NC1CCCC1.I. The second-order valence-corrected chi connectivity index (χ2v) is 9.30. The summed E-state index contributed by atoms with van der Waals surface area (Å²) in [5.41, 5.74) is 0.756. The first-order chi connectivity index (χ1) is 13.1. The Labute approximate surface area is 186 Å². The Morgan fingerprint density at radius 3 is 2.46 bits per heavy atom. The van der Waals surface area contributed by atoms with Gasteiger partial charge < -0.3 is 10.6 Å². The molecule has 1 saturated carbocycles. The van der Waals surface area contributed by atoms with Crippen LogP contribution < -0.4 is 10.6 Å². The van der Waals surface area contributed by atoms with Gasteiger partial charge in [-0.3, -0.25) is 0 Å². The van der Waals surface area contributed by atoms with Crippen LogP contribution in [-0.2, 0) is 16.6 Å². The number of nitrogens with zero attached hydrogens (tertiary/aromatic N) is 2. The fourth-order valence-electron chi connectivity index (χ4n) is 3.88. The highest BCUT2D eigenvalue weighted by molar-refractivity contribution is 14.0. The quantitative estimate of drug-likeness (QED) is 0.342. The van der Waals surface area contributed by atoms with Gasteiger partial charge in [0.2, 0.25) is 10.0 Å². The average molecular weight is 520 g/mol. The van der Waals surface area contributed by atoms with Gasteiger partial charge in [0.1, 0.15) is 0 Å². The van der Waals surface area contributed by atoms with Crippen LogP contribution in [0.3, 0.4) is 0 Å². The van der Waals surface area contributed by atoms with E-state index < -0.39 is 10.0 Å². The van der Waals surface area contributed by atoms with Gasteiger partial charge in [-0.15, -0.1) is 24.0 Å². The minimum absolute atomic E-state index is 0. The summed E-state index contributed by atoms with van der Waals surface area (Å²) >= 11 is 0. The predicted octanol–water partition coefficient (Wildman–Crippen LogP) is 3.48. The van der Waals surface area contributed by atoms with Crippen molar-refractivity contribution >= 4 is 40.0 Å². The van der Waals surface area contributed by atoms with Crippen LogP contribution in [0.2, 0.25) is 0 Å². The Hall–Kier alpha value is -0.870. The molecule has 0 unspecified atom stereocenters. The van der Waals surface area contributed by atoms with E-state index in [2.05, 4.69) is 15.6 Å². The lowest BCUT2D eigenvalue weighted by Gasteiger charge is -2.26. The summed E-state index contributed by atoms with van der Waals surface area (Å²) in [5, 5.41) is 6.77. The van der Waals surface area contributed by atoms with E-state index in [0.717, 1.165) is 37.3 Å². The molecule has 6 nitrogen and oxygen atoms in total. The average Bonchev–Trinajstić information content (AvgIpc) is 3.20. The number of benzene rings is 1. The number of hydrogen-bond donors (Lipinski definition) is 2. The third-order valence-corrected chi connectivity index (χ3v) is 7.35. The molecule has 8 heteroatoms. The zero-order valence-corrected chi connectivity index (χ0v) is 19.8. The van der Waals surface area contributed by atoms with Gasteiger partial charge in [0.25, 0.3) is 0 Å². The summed E-state index contributed by atoms with van der Waals surface area (Å²) in [6.45, 7) is 4.41. The van der Waals surface area contributed by atoms with Crippen molar-refractivity contribution in [1.29, 1.82) is 0 Å². The molecule has 2 fully saturated rings. The smallest absolute Gasteiger partial charge is 0.243 e. The lowest BCUT2D eigenvalue weighted by molar-refractivity contribution is 0.346. The van der Waals surface area contributed by atoms with Crippen LogP contribution in [0.5, 0.6) is 0 Å². The first kappa shape index (κ1) is 23.4. The molecule has 1 aromatic rings. The molecule has 2 aliphatic rings. The number of guanidine groups is 1. The predicted molar refractivity (Wildman–Crippen MR) is 125 cm³/mol. The number of sulfonamides is 1. The molecule has 28 heavy (non-hydrogen) atoms. The Balaban J connectivity index is 0.00000280. The second kappa shape index (κ2) is 11.3. The zero-order valence-electron chi connectivity index (χ0n) is 16.7. The van der Waals surface area contributed by atoms with Gasteiger partial charge in [-0.05, 0) is 44.2 Å². The van der Waals surface area contributed by atoms with Gasteiger partial charge in [0.15, 0.2) is 5.96 Å². The fraction of sp³-hybridized carbons (Fsp3) is 0.650. The first-order valence-corrected chi connectivity index (χ1v) is 11.7. The van der Waals surface area contributed by atoms with Crippen LogP contribution in [0.15, 0.2) is 34.2 Å². The molecule has 0 spiro atoms. The minimum Gasteiger partial charge on any atom is -0.357 e. The molecule has 1 aliphatic heterocycles. The topological polar surface area (TPSA) is 73.8 Å². The highest BCUT2D eigenvalue weighted by Gasteiger charge is 2.27. The normalized spacial score (nSPS) is 19.2. The van der Waals surface area contributed by atoms with Crippen LogP contribution in [0.4, 0.5) is 0 Å². The maximum absolute atomic E-state index is 13.1. The fourth-order valence-corrected chi connectivity index (χ4v) is 5.61. The van der Waals surface area contributed by atoms with E-state index in [1.807, 2.05) is 19.1 Å². The molecule has 1 saturated heterocycles.